The molecule has 2 N–H and O–H groups in total. The van der Waals surface area contributed by atoms with Crippen LogP contribution in [0.1, 0.15) is 32.8 Å². The summed E-state index contributed by atoms with van der Waals surface area (Å²) < 4.78 is 0. The number of aliphatic carboxylic acids is 1. The predicted octanol–water partition coefficient (Wildman–Crippen LogP) is 2.94. The van der Waals surface area contributed by atoms with E-state index in [-0.39, 0.29) is 5.41 Å². The monoisotopic (exact) mass is 250 g/mol. The van der Waals surface area contributed by atoms with Crippen molar-refractivity contribution in [3.63, 3.8) is 0 Å². The number of pyridine rings is 1. The highest BCUT2D eigenvalue weighted by molar-refractivity contribution is 5.70. The predicted molar refractivity (Wildman–Crippen MR) is 72.7 cm³/mol. The number of rotatable bonds is 5. The van der Waals surface area contributed by atoms with Gasteiger partial charge in [-0.05, 0) is 30.4 Å². The summed E-state index contributed by atoms with van der Waals surface area (Å²) in [5.41, 5.74) is 1.09. The Morgan fingerprint density at radius 1 is 1.44 bits per heavy atom. The Morgan fingerprint density at radius 2 is 2.11 bits per heavy atom. The van der Waals surface area contributed by atoms with Gasteiger partial charge < -0.3 is 10.4 Å². The van der Waals surface area contributed by atoms with Crippen molar-refractivity contribution >= 4 is 11.8 Å². The summed E-state index contributed by atoms with van der Waals surface area (Å²) in [7, 11) is 0. The van der Waals surface area contributed by atoms with Crippen LogP contribution in [0.5, 0.6) is 0 Å². The summed E-state index contributed by atoms with van der Waals surface area (Å²) in [5.74, 6) is -0.432. The zero-order valence-corrected chi connectivity index (χ0v) is 11.5. The number of hydrogen-bond acceptors (Lipinski definition) is 3. The fraction of sp³-hybridized carbons (Fsp3) is 0.571. The molecule has 0 radical (unpaired) electrons. The smallest absolute Gasteiger partial charge is 0.308 e. The molecule has 0 spiro atoms. The van der Waals surface area contributed by atoms with E-state index in [1.54, 1.807) is 6.20 Å². The molecule has 0 aliphatic heterocycles. The molecule has 100 valence electrons. The number of carboxylic acid groups (broad SMARTS) is 1. The summed E-state index contributed by atoms with van der Waals surface area (Å²) in [6.07, 6.45) is 2.41. The molecular formula is C14H22N2O2. The Bertz CT molecular complexity index is 393. The van der Waals surface area contributed by atoms with E-state index in [1.165, 1.54) is 0 Å². The second-order valence-corrected chi connectivity index (χ2v) is 5.90. The van der Waals surface area contributed by atoms with Crippen LogP contribution in [-0.4, -0.2) is 22.6 Å². The van der Waals surface area contributed by atoms with Crippen molar-refractivity contribution in [3.05, 3.63) is 23.9 Å². The Morgan fingerprint density at radius 3 is 2.56 bits per heavy atom. The molecule has 4 nitrogen and oxygen atoms in total. The van der Waals surface area contributed by atoms with Gasteiger partial charge in [-0.25, -0.2) is 4.98 Å². The van der Waals surface area contributed by atoms with Gasteiger partial charge in [0.1, 0.15) is 5.82 Å². The number of nitrogens with zero attached hydrogens (tertiary/aromatic N) is 1. The van der Waals surface area contributed by atoms with Crippen LogP contribution in [0.25, 0.3) is 0 Å². The lowest BCUT2D eigenvalue weighted by molar-refractivity contribution is -0.142. The third-order valence-corrected chi connectivity index (χ3v) is 2.65. The van der Waals surface area contributed by atoms with E-state index in [4.69, 9.17) is 0 Å². The highest BCUT2D eigenvalue weighted by Gasteiger charge is 2.24. The molecule has 1 aromatic heterocycles. The molecule has 0 aromatic carbocycles. The highest BCUT2D eigenvalue weighted by atomic mass is 16.4. The first kappa shape index (κ1) is 14.5. The van der Waals surface area contributed by atoms with Gasteiger partial charge in [-0.2, -0.15) is 0 Å². The number of hydrogen-bond donors (Lipinski definition) is 2. The minimum atomic E-state index is -0.760. The molecule has 1 atom stereocenters. The van der Waals surface area contributed by atoms with Crippen molar-refractivity contribution in [1.82, 2.24) is 4.98 Å². The minimum Gasteiger partial charge on any atom is -0.481 e. The highest BCUT2D eigenvalue weighted by Crippen LogP contribution is 2.24. The van der Waals surface area contributed by atoms with E-state index in [2.05, 4.69) is 10.3 Å². The van der Waals surface area contributed by atoms with Gasteiger partial charge in [-0.3, -0.25) is 4.79 Å². The van der Waals surface area contributed by atoms with Gasteiger partial charge in [-0.1, -0.05) is 26.8 Å². The molecule has 0 aliphatic carbocycles. The van der Waals surface area contributed by atoms with Crippen LogP contribution >= 0.6 is 0 Å². The maximum absolute atomic E-state index is 11.2. The fourth-order valence-corrected chi connectivity index (χ4v) is 1.79. The van der Waals surface area contributed by atoms with E-state index < -0.39 is 11.9 Å². The molecule has 0 saturated heterocycles. The van der Waals surface area contributed by atoms with Crippen LogP contribution in [0.2, 0.25) is 0 Å². The van der Waals surface area contributed by atoms with E-state index in [0.717, 1.165) is 11.4 Å². The quantitative estimate of drug-likeness (QED) is 0.843. The first-order chi connectivity index (χ1) is 8.28. The van der Waals surface area contributed by atoms with Crippen molar-refractivity contribution in [2.24, 2.45) is 11.3 Å². The fourth-order valence-electron chi connectivity index (χ4n) is 1.79. The molecule has 0 bridgehead atoms. The minimum absolute atomic E-state index is 0.00540. The zero-order valence-electron chi connectivity index (χ0n) is 11.5. The number of carbonyl (C=O) groups is 1. The number of nitrogens with one attached hydrogen (secondary N) is 1. The molecule has 0 fully saturated rings. The van der Waals surface area contributed by atoms with Gasteiger partial charge in [0, 0.05) is 12.7 Å². The second kappa shape index (κ2) is 5.85. The van der Waals surface area contributed by atoms with Crippen molar-refractivity contribution < 1.29 is 9.90 Å². The molecule has 1 unspecified atom stereocenters. The molecule has 1 rings (SSSR count). The van der Waals surface area contributed by atoms with Crippen LogP contribution in [0.4, 0.5) is 5.82 Å². The zero-order chi connectivity index (χ0) is 13.8. The lowest BCUT2D eigenvalue weighted by Gasteiger charge is -2.23. The summed E-state index contributed by atoms with van der Waals surface area (Å²) in [6.45, 7) is 8.52. The molecule has 0 amide bonds. The number of aromatic nitrogens is 1. The Kier molecular flexibility index (Phi) is 4.70. The van der Waals surface area contributed by atoms with Crippen LogP contribution in [0, 0.1) is 18.3 Å². The van der Waals surface area contributed by atoms with Gasteiger partial charge in [-0.15, -0.1) is 0 Å². The second-order valence-electron chi connectivity index (χ2n) is 5.90. The Balaban J connectivity index is 2.57. The van der Waals surface area contributed by atoms with Gasteiger partial charge in [0.25, 0.3) is 0 Å². The van der Waals surface area contributed by atoms with Crippen molar-refractivity contribution in [2.75, 3.05) is 11.9 Å². The van der Waals surface area contributed by atoms with E-state index in [1.807, 2.05) is 39.8 Å². The van der Waals surface area contributed by atoms with Gasteiger partial charge in [0.05, 0.1) is 5.92 Å². The third kappa shape index (κ3) is 5.17. The molecule has 1 heterocycles. The number of aryl methyl sites for hydroxylation is 1. The molecule has 4 heteroatoms. The van der Waals surface area contributed by atoms with Crippen LogP contribution in [-0.2, 0) is 4.79 Å². The summed E-state index contributed by atoms with van der Waals surface area (Å²) >= 11 is 0. The van der Waals surface area contributed by atoms with Gasteiger partial charge in [0.2, 0.25) is 0 Å². The van der Waals surface area contributed by atoms with Crippen LogP contribution in [0.15, 0.2) is 18.3 Å². The standard InChI is InChI=1S/C14H22N2O2/c1-10-5-6-12(15-8-10)16-9-11(13(17)18)7-14(2,3)4/h5-6,8,11H,7,9H2,1-4H3,(H,15,16)(H,17,18). The first-order valence-electron chi connectivity index (χ1n) is 6.17. The summed E-state index contributed by atoms with van der Waals surface area (Å²) in [5, 5.41) is 12.3. The van der Waals surface area contributed by atoms with Gasteiger partial charge in [0.15, 0.2) is 0 Å². The average Bonchev–Trinajstić information content (AvgIpc) is 2.24. The SMILES string of the molecule is Cc1ccc(NCC(CC(C)(C)C)C(=O)O)nc1. The van der Waals surface area contributed by atoms with Crippen molar-refractivity contribution in [2.45, 2.75) is 34.1 Å². The van der Waals surface area contributed by atoms with Crippen molar-refractivity contribution in [1.29, 1.82) is 0 Å². The topological polar surface area (TPSA) is 62.2 Å². The maximum Gasteiger partial charge on any atom is 0.308 e. The maximum atomic E-state index is 11.2. The van der Waals surface area contributed by atoms with Gasteiger partial charge >= 0.3 is 5.97 Å². The molecule has 18 heavy (non-hydrogen) atoms. The van der Waals surface area contributed by atoms with Crippen LogP contribution in [0.3, 0.4) is 0 Å². The molecule has 0 saturated carbocycles. The molecule has 1 aromatic rings. The molecule has 0 aliphatic rings. The van der Waals surface area contributed by atoms with E-state index in [9.17, 15) is 9.90 Å². The summed E-state index contributed by atoms with van der Waals surface area (Å²) in [6, 6.07) is 3.82. The van der Waals surface area contributed by atoms with E-state index >= 15 is 0 Å². The number of carboxylic acids is 1. The summed E-state index contributed by atoms with van der Waals surface area (Å²) in [4.78, 5) is 15.4. The Labute approximate surface area is 108 Å². The molecular weight excluding hydrogens is 228 g/mol. The lowest BCUT2D eigenvalue weighted by atomic mass is 9.84. The van der Waals surface area contributed by atoms with Crippen molar-refractivity contribution in [3.8, 4) is 0 Å². The van der Waals surface area contributed by atoms with Crippen LogP contribution < -0.4 is 5.32 Å². The largest absolute Gasteiger partial charge is 0.481 e. The van der Waals surface area contributed by atoms with E-state index in [0.29, 0.717) is 13.0 Å². The third-order valence-electron chi connectivity index (χ3n) is 2.65. The lowest BCUT2D eigenvalue weighted by Crippen LogP contribution is -2.27. The average molecular weight is 250 g/mol. The number of anilines is 1. The normalized spacial score (nSPS) is 13.1. The first-order valence-corrected chi connectivity index (χ1v) is 6.17. The Hall–Kier alpha value is -1.58.